The third-order valence-corrected chi connectivity index (χ3v) is 4.12. The highest BCUT2D eigenvalue weighted by Gasteiger charge is 2.14. The summed E-state index contributed by atoms with van der Waals surface area (Å²) in [6.07, 6.45) is 1.71. The van der Waals surface area contributed by atoms with Gasteiger partial charge in [0.25, 0.3) is 0 Å². The van der Waals surface area contributed by atoms with E-state index in [-0.39, 0.29) is 12.7 Å². The van der Waals surface area contributed by atoms with Crippen molar-refractivity contribution in [3.8, 4) is 11.5 Å². The molecular weight excluding hydrogens is 356 g/mol. The van der Waals surface area contributed by atoms with Crippen LogP contribution in [0, 0.1) is 0 Å². The van der Waals surface area contributed by atoms with Gasteiger partial charge in [-0.15, -0.1) is 0 Å². The van der Waals surface area contributed by atoms with Gasteiger partial charge in [-0.05, 0) is 40.2 Å². The Labute approximate surface area is 134 Å². The molecule has 7 heteroatoms. The maximum absolute atomic E-state index is 11.9. The molecular formula is C14H11BrN2O3S. The molecule has 0 atom stereocenters. The van der Waals surface area contributed by atoms with Gasteiger partial charge in [0.15, 0.2) is 11.5 Å². The minimum Gasteiger partial charge on any atom is -0.454 e. The van der Waals surface area contributed by atoms with Gasteiger partial charge in [0.05, 0.1) is 10.8 Å². The number of carbonyl (C=O) groups excluding carboxylic acids is 1. The number of pyridine rings is 1. The van der Waals surface area contributed by atoms with Crippen molar-refractivity contribution in [1.29, 1.82) is 0 Å². The van der Waals surface area contributed by atoms with Crippen LogP contribution >= 0.6 is 27.7 Å². The minimum absolute atomic E-state index is 0.0939. The molecule has 2 heterocycles. The van der Waals surface area contributed by atoms with Crippen LogP contribution in [0.1, 0.15) is 0 Å². The van der Waals surface area contributed by atoms with Gasteiger partial charge in [0, 0.05) is 22.4 Å². The van der Waals surface area contributed by atoms with Gasteiger partial charge in [-0.25, -0.2) is 4.98 Å². The van der Waals surface area contributed by atoms with Crippen LogP contribution in [0.5, 0.6) is 11.5 Å². The van der Waals surface area contributed by atoms with Gasteiger partial charge in [-0.1, -0.05) is 11.8 Å². The van der Waals surface area contributed by atoms with Gasteiger partial charge >= 0.3 is 0 Å². The molecule has 1 aromatic carbocycles. The molecule has 3 rings (SSSR count). The molecule has 1 aromatic heterocycles. The number of rotatable bonds is 4. The Kier molecular flexibility index (Phi) is 4.31. The third-order valence-electron chi connectivity index (χ3n) is 2.71. The molecule has 0 aliphatic carbocycles. The Bertz CT molecular complexity index is 664. The Morgan fingerprint density at radius 1 is 1.29 bits per heavy atom. The molecule has 108 valence electrons. The Balaban J connectivity index is 1.55. The van der Waals surface area contributed by atoms with Crippen LogP contribution in [0.25, 0.3) is 0 Å². The molecule has 5 nitrogen and oxygen atoms in total. The smallest absolute Gasteiger partial charge is 0.234 e. The predicted molar refractivity (Wildman–Crippen MR) is 83.9 cm³/mol. The molecule has 1 aliphatic heterocycles. The Morgan fingerprint density at radius 3 is 2.95 bits per heavy atom. The van der Waals surface area contributed by atoms with Crippen molar-refractivity contribution in [2.75, 3.05) is 17.9 Å². The lowest BCUT2D eigenvalue weighted by Gasteiger charge is -2.06. The number of ether oxygens (including phenoxy) is 2. The summed E-state index contributed by atoms with van der Waals surface area (Å²) < 4.78 is 11.4. The Hall–Kier alpha value is -1.73. The largest absolute Gasteiger partial charge is 0.454 e. The van der Waals surface area contributed by atoms with Crippen molar-refractivity contribution in [2.45, 2.75) is 5.03 Å². The zero-order chi connectivity index (χ0) is 14.7. The van der Waals surface area contributed by atoms with Gasteiger partial charge in [0.1, 0.15) is 0 Å². The second-order valence-electron chi connectivity index (χ2n) is 4.22. The fraction of sp³-hybridized carbons (Fsp3) is 0.143. The van der Waals surface area contributed by atoms with Crippen molar-refractivity contribution in [2.24, 2.45) is 0 Å². The number of anilines is 1. The molecule has 0 unspecified atom stereocenters. The lowest BCUT2D eigenvalue weighted by atomic mass is 10.3. The molecule has 1 N–H and O–H groups in total. The van der Waals surface area contributed by atoms with E-state index in [1.165, 1.54) is 11.8 Å². The predicted octanol–water partition coefficient (Wildman–Crippen LogP) is 3.30. The van der Waals surface area contributed by atoms with Crippen LogP contribution in [0.15, 0.2) is 46.0 Å². The van der Waals surface area contributed by atoms with E-state index in [1.807, 2.05) is 12.1 Å². The number of fused-ring (bicyclic) bond motifs is 1. The number of benzene rings is 1. The molecule has 2 aromatic rings. The number of thioether (sulfide) groups is 1. The molecule has 1 amide bonds. The normalized spacial score (nSPS) is 12.2. The molecule has 1 aliphatic rings. The number of carbonyl (C=O) groups is 1. The average Bonchev–Trinajstić information content (AvgIpc) is 2.94. The summed E-state index contributed by atoms with van der Waals surface area (Å²) >= 11 is 4.70. The average molecular weight is 367 g/mol. The van der Waals surface area contributed by atoms with Crippen LogP contribution < -0.4 is 14.8 Å². The first-order valence-electron chi connectivity index (χ1n) is 6.14. The first-order valence-corrected chi connectivity index (χ1v) is 7.92. The van der Waals surface area contributed by atoms with E-state index in [0.29, 0.717) is 22.9 Å². The van der Waals surface area contributed by atoms with Crippen molar-refractivity contribution in [3.63, 3.8) is 0 Å². The maximum Gasteiger partial charge on any atom is 0.234 e. The summed E-state index contributed by atoms with van der Waals surface area (Å²) in [6, 6.07) is 9.08. The molecule has 0 bridgehead atoms. The quantitative estimate of drug-likeness (QED) is 0.841. The first-order chi connectivity index (χ1) is 10.2. The van der Waals surface area contributed by atoms with Gasteiger partial charge < -0.3 is 14.8 Å². The summed E-state index contributed by atoms with van der Waals surface area (Å²) in [5, 5.41) is 3.63. The van der Waals surface area contributed by atoms with Gasteiger partial charge in [-0.3, -0.25) is 4.79 Å². The van der Waals surface area contributed by atoms with Crippen molar-refractivity contribution >= 4 is 39.3 Å². The summed E-state index contributed by atoms with van der Waals surface area (Å²) in [5.41, 5.74) is 0.689. The SMILES string of the molecule is O=C(CSc1ccc(Br)cn1)Nc1ccc2c(c1)OCO2. The number of halogens is 1. The number of aromatic nitrogens is 1. The second kappa shape index (κ2) is 6.36. The number of nitrogens with one attached hydrogen (secondary N) is 1. The minimum atomic E-state index is -0.0939. The van der Waals surface area contributed by atoms with E-state index in [9.17, 15) is 4.79 Å². The van der Waals surface area contributed by atoms with E-state index < -0.39 is 0 Å². The van der Waals surface area contributed by atoms with Crippen LogP contribution in [0.3, 0.4) is 0 Å². The summed E-state index contributed by atoms with van der Waals surface area (Å²) in [6.45, 7) is 0.220. The number of nitrogens with zero attached hydrogens (tertiary/aromatic N) is 1. The van der Waals surface area contributed by atoms with E-state index in [0.717, 1.165) is 9.50 Å². The maximum atomic E-state index is 11.9. The molecule has 0 saturated heterocycles. The van der Waals surface area contributed by atoms with Crippen LogP contribution in [-0.4, -0.2) is 23.4 Å². The number of hydrogen-bond donors (Lipinski definition) is 1. The molecule has 0 saturated carbocycles. The molecule has 0 fully saturated rings. The fourth-order valence-electron chi connectivity index (χ4n) is 1.76. The zero-order valence-corrected chi connectivity index (χ0v) is 13.2. The van der Waals surface area contributed by atoms with Gasteiger partial charge in [-0.2, -0.15) is 0 Å². The van der Waals surface area contributed by atoms with Crippen LogP contribution in [-0.2, 0) is 4.79 Å². The van der Waals surface area contributed by atoms with E-state index in [2.05, 4.69) is 26.2 Å². The third kappa shape index (κ3) is 3.68. The summed E-state index contributed by atoms with van der Waals surface area (Å²) in [4.78, 5) is 16.1. The molecule has 21 heavy (non-hydrogen) atoms. The topological polar surface area (TPSA) is 60.5 Å². The van der Waals surface area contributed by atoms with E-state index >= 15 is 0 Å². The fourth-order valence-corrected chi connectivity index (χ4v) is 2.64. The number of hydrogen-bond acceptors (Lipinski definition) is 5. The van der Waals surface area contributed by atoms with Crippen LogP contribution in [0.2, 0.25) is 0 Å². The number of amides is 1. The Morgan fingerprint density at radius 2 is 2.14 bits per heavy atom. The lowest BCUT2D eigenvalue weighted by molar-refractivity contribution is -0.113. The van der Waals surface area contributed by atoms with Gasteiger partial charge in [0.2, 0.25) is 12.7 Å². The van der Waals surface area contributed by atoms with Crippen molar-refractivity contribution in [1.82, 2.24) is 4.98 Å². The monoisotopic (exact) mass is 366 g/mol. The summed E-state index contributed by atoms with van der Waals surface area (Å²) in [7, 11) is 0. The zero-order valence-electron chi connectivity index (χ0n) is 10.8. The lowest BCUT2D eigenvalue weighted by Crippen LogP contribution is -2.14. The van der Waals surface area contributed by atoms with E-state index in [4.69, 9.17) is 9.47 Å². The van der Waals surface area contributed by atoms with Crippen molar-refractivity contribution < 1.29 is 14.3 Å². The van der Waals surface area contributed by atoms with E-state index in [1.54, 1.807) is 24.4 Å². The highest BCUT2D eigenvalue weighted by atomic mass is 79.9. The van der Waals surface area contributed by atoms with Crippen molar-refractivity contribution in [3.05, 3.63) is 41.0 Å². The standard InChI is InChI=1S/C14H11BrN2O3S/c15-9-1-4-14(16-6-9)21-7-13(18)17-10-2-3-11-12(5-10)20-8-19-11/h1-6H,7-8H2,(H,17,18). The second-order valence-corrected chi connectivity index (χ2v) is 6.13. The first kappa shape index (κ1) is 14.2. The van der Waals surface area contributed by atoms with Crippen LogP contribution in [0.4, 0.5) is 5.69 Å². The summed E-state index contributed by atoms with van der Waals surface area (Å²) in [5.74, 6) is 1.54. The highest BCUT2D eigenvalue weighted by Crippen LogP contribution is 2.34. The molecule has 0 radical (unpaired) electrons. The highest BCUT2D eigenvalue weighted by molar-refractivity contribution is 9.10. The molecule has 0 spiro atoms.